The zero-order valence-corrected chi connectivity index (χ0v) is 12.3. The zero-order chi connectivity index (χ0) is 16.4. The Kier molecular flexibility index (Phi) is 4.00. The molecule has 0 aliphatic carbocycles. The summed E-state index contributed by atoms with van der Waals surface area (Å²) in [4.78, 5) is 12.6. The van der Waals surface area contributed by atoms with Crippen LogP contribution in [0.15, 0.2) is 54.7 Å². The fraction of sp³-hybridized carbons (Fsp3) is 0.0625. The summed E-state index contributed by atoms with van der Waals surface area (Å²) in [6, 6.07) is 11.5. The van der Waals surface area contributed by atoms with Crippen LogP contribution in [0.25, 0.3) is 22.8 Å². The first-order valence-corrected chi connectivity index (χ1v) is 6.95. The van der Waals surface area contributed by atoms with Crippen molar-refractivity contribution in [1.29, 1.82) is 0 Å². The quantitative estimate of drug-likeness (QED) is 0.627. The molecule has 0 bridgehead atoms. The van der Waals surface area contributed by atoms with Crippen molar-refractivity contribution in [3.8, 4) is 22.8 Å². The van der Waals surface area contributed by atoms with E-state index in [1.807, 2.05) is 0 Å². The number of nitrogens with zero attached hydrogens (tertiary/aromatic N) is 3. The van der Waals surface area contributed by atoms with E-state index in [4.69, 9.17) is 11.6 Å². The highest BCUT2D eigenvalue weighted by atomic mass is 35.5. The molecule has 0 radical (unpaired) electrons. The Balaban J connectivity index is 2.02. The van der Waals surface area contributed by atoms with E-state index in [0.29, 0.717) is 17.0 Å². The SMILES string of the molecule is FC(F)(F)c1ccc(-c2nc(Cl)cc(-c3ccccn3)n2)cc1. The molecular weight excluding hydrogens is 327 g/mol. The average molecular weight is 336 g/mol. The molecule has 23 heavy (non-hydrogen) atoms. The summed E-state index contributed by atoms with van der Waals surface area (Å²) in [5.74, 6) is 0.242. The lowest BCUT2D eigenvalue weighted by Crippen LogP contribution is -2.04. The predicted octanol–water partition coefficient (Wildman–Crippen LogP) is 4.88. The first-order chi connectivity index (χ1) is 10.9. The van der Waals surface area contributed by atoms with Crippen LogP contribution in [0.4, 0.5) is 13.2 Å². The highest BCUT2D eigenvalue weighted by Gasteiger charge is 2.30. The Hall–Kier alpha value is -2.47. The van der Waals surface area contributed by atoms with Gasteiger partial charge in [0, 0.05) is 17.8 Å². The van der Waals surface area contributed by atoms with E-state index in [1.165, 1.54) is 12.1 Å². The lowest BCUT2D eigenvalue weighted by Gasteiger charge is -2.08. The van der Waals surface area contributed by atoms with Gasteiger partial charge in [-0.25, -0.2) is 9.97 Å². The third-order valence-corrected chi connectivity index (χ3v) is 3.29. The number of hydrogen-bond acceptors (Lipinski definition) is 3. The minimum atomic E-state index is -4.38. The number of halogens is 4. The van der Waals surface area contributed by atoms with Gasteiger partial charge < -0.3 is 0 Å². The molecule has 0 aliphatic rings. The highest BCUT2D eigenvalue weighted by Crippen LogP contribution is 2.31. The molecular formula is C16H9ClF3N3. The van der Waals surface area contributed by atoms with Crippen LogP contribution in [-0.2, 0) is 6.18 Å². The maximum absolute atomic E-state index is 12.6. The number of hydrogen-bond donors (Lipinski definition) is 0. The molecule has 0 amide bonds. The molecule has 0 unspecified atom stereocenters. The highest BCUT2D eigenvalue weighted by molar-refractivity contribution is 6.29. The third kappa shape index (κ3) is 3.48. The van der Waals surface area contributed by atoms with Gasteiger partial charge in [0.1, 0.15) is 5.15 Å². The van der Waals surface area contributed by atoms with Crippen molar-refractivity contribution in [2.75, 3.05) is 0 Å². The molecule has 0 spiro atoms. The predicted molar refractivity (Wildman–Crippen MR) is 80.7 cm³/mol. The van der Waals surface area contributed by atoms with Crippen molar-refractivity contribution in [2.45, 2.75) is 6.18 Å². The molecule has 7 heteroatoms. The van der Waals surface area contributed by atoms with Gasteiger partial charge >= 0.3 is 6.18 Å². The van der Waals surface area contributed by atoms with E-state index in [0.717, 1.165) is 12.1 Å². The fourth-order valence-corrected chi connectivity index (χ4v) is 2.18. The Bertz CT molecular complexity index is 818. The van der Waals surface area contributed by atoms with Crippen molar-refractivity contribution in [2.24, 2.45) is 0 Å². The number of alkyl halides is 3. The molecule has 0 aliphatic heterocycles. The van der Waals surface area contributed by atoms with E-state index in [9.17, 15) is 13.2 Å². The molecule has 1 aromatic carbocycles. The van der Waals surface area contributed by atoms with Gasteiger partial charge in [0.15, 0.2) is 5.82 Å². The third-order valence-electron chi connectivity index (χ3n) is 3.09. The summed E-state index contributed by atoms with van der Waals surface area (Å²) >= 11 is 5.99. The van der Waals surface area contributed by atoms with Gasteiger partial charge in [0.2, 0.25) is 0 Å². The normalized spacial score (nSPS) is 11.5. The van der Waals surface area contributed by atoms with Gasteiger partial charge in [0.25, 0.3) is 0 Å². The first kappa shape index (κ1) is 15.4. The van der Waals surface area contributed by atoms with Gasteiger partial charge in [-0.3, -0.25) is 4.98 Å². The van der Waals surface area contributed by atoms with Gasteiger partial charge in [-0.15, -0.1) is 0 Å². The summed E-state index contributed by atoms with van der Waals surface area (Å²) in [5.41, 5.74) is 0.816. The van der Waals surface area contributed by atoms with Crippen molar-refractivity contribution in [3.63, 3.8) is 0 Å². The molecule has 0 atom stereocenters. The lowest BCUT2D eigenvalue weighted by atomic mass is 10.1. The van der Waals surface area contributed by atoms with Gasteiger partial charge in [-0.05, 0) is 24.3 Å². The summed E-state index contributed by atoms with van der Waals surface area (Å²) in [6.45, 7) is 0. The molecule has 3 nitrogen and oxygen atoms in total. The second kappa shape index (κ2) is 5.96. The molecule has 0 saturated carbocycles. The standard InChI is InChI=1S/C16H9ClF3N3/c17-14-9-13(12-3-1-2-8-21-12)22-15(23-14)10-4-6-11(7-5-10)16(18,19)20/h1-9H. The molecule has 2 heterocycles. The van der Waals surface area contributed by atoms with Crippen molar-refractivity contribution in [1.82, 2.24) is 15.0 Å². The summed E-state index contributed by atoms with van der Waals surface area (Å²) in [7, 11) is 0. The summed E-state index contributed by atoms with van der Waals surface area (Å²) < 4.78 is 37.8. The zero-order valence-electron chi connectivity index (χ0n) is 11.5. The second-order valence-electron chi connectivity index (χ2n) is 4.69. The monoisotopic (exact) mass is 335 g/mol. The Morgan fingerprint density at radius 1 is 0.870 bits per heavy atom. The van der Waals surface area contributed by atoms with Crippen LogP contribution < -0.4 is 0 Å². The number of aromatic nitrogens is 3. The molecule has 3 aromatic rings. The topological polar surface area (TPSA) is 38.7 Å². The van der Waals surface area contributed by atoms with Crippen LogP contribution in [0.2, 0.25) is 5.15 Å². The van der Waals surface area contributed by atoms with E-state index in [-0.39, 0.29) is 11.0 Å². The van der Waals surface area contributed by atoms with E-state index in [2.05, 4.69) is 15.0 Å². The van der Waals surface area contributed by atoms with Crippen molar-refractivity contribution >= 4 is 11.6 Å². The maximum atomic E-state index is 12.6. The van der Waals surface area contributed by atoms with Crippen LogP contribution in [-0.4, -0.2) is 15.0 Å². The lowest BCUT2D eigenvalue weighted by molar-refractivity contribution is -0.137. The molecule has 0 saturated heterocycles. The van der Waals surface area contributed by atoms with Gasteiger partial charge in [-0.1, -0.05) is 29.8 Å². The summed E-state index contributed by atoms with van der Waals surface area (Å²) in [5, 5.41) is 0.190. The molecule has 0 fully saturated rings. The second-order valence-corrected chi connectivity index (χ2v) is 5.08. The molecule has 0 N–H and O–H groups in total. The van der Waals surface area contributed by atoms with Crippen LogP contribution in [0.1, 0.15) is 5.56 Å². The molecule has 2 aromatic heterocycles. The van der Waals surface area contributed by atoms with Crippen LogP contribution in [0, 0.1) is 0 Å². The smallest absolute Gasteiger partial charge is 0.255 e. The Morgan fingerprint density at radius 3 is 2.22 bits per heavy atom. The van der Waals surface area contributed by atoms with Crippen molar-refractivity contribution in [3.05, 3.63) is 65.4 Å². The van der Waals surface area contributed by atoms with Crippen LogP contribution in [0.3, 0.4) is 0 Å². The largest absolute Gasteiger partial charge is 0.416 e. The Morgan fingerprint density at radius 2 is 1.61 bits per heavy atom. The van der Waals surface area contributed by atoms with Crippen LogP contribution >= 0.6 is 11.6 Å². The molecule has 3 rings (SSSR count). The molecule has 116 valence electrons. The van der Waals surface area contributed by atoms with Crippen LogP contribution in [0.5, 0.6) is 0 Å². The van der Waals surface area contributed by atoms with E-state index < -0.39 is 11.7 Å². The van der Waals surface area contributed by atoms with E-state index >= 15 is 0 Å². The number of pyridine rings is 1. The minimum absolute atomic E-state index is 0.190. The van der Waals surface area contributed by atoms with Gasteiger partial charge in [-0.2, -0.15) is 13.2 Å². The number of benzene rings is 1. The average Bonchev–Trinajstić information content (AvgIpc) is 2.54. The minimum Gasteiger partial charge on any atom is -0.255 e. The Labute approximate surface area is 134 Å². The van der Waals surface area contributed by atoms with Crippen molar-refractivity contribution < 1.29 is 13.2 Å². The fourth-order valence-electron chi connectivity index (χ4n) is 2.00. The number of rotatable bonds is 2. The summed E-state index contributed by atoms with van der Waals surface area (Å²) in [6.07, 6.45) is -2.77. The van der Waals surface area contributed by atoms with Gasteiger partial charge in [0.05, 0.1) is 17.0 Å². The maximum Gasteiger partial charge on any atom is 0.416 e. The first-order valence-electron chi connectivity index (χ1n) is 6.57. The van der Waals surface area contributed by atoms with E-state index in [1.54, 1.807) is 30.5 Å².